The fourth-order valence-corrected chi connectivity index (χ4v) is 2.38. The maximum Gasteiger partial charge on any atom is 0.0751 e. The molecular formula is C16H25NO3. The summed E-state index contributed by atoms with van der Waals surface area (Å²) in [6, 6.07) is 8.48. The molecule has 1 N–H and O–H groups in total. The number of hydrogen-bond donors (Lipinski definition) is 1. The number of fused-ring (bicyclic) bond motifs is 1. The SMILES string of the molecule is COCCCOCCOC1CCc2ccccc2NC1. The highest BCUT2D eigenvalue weighted by atomic mass is 16.5. The minimum atomic E-state index is 0.268. The summed E-state index contributed by atoms with van der Waals surface area (Å²) in [6.07, 6.45) is 3.34. The summed E-state index contributed by atoms with van der Waals surface area (Å²) < 4.78 is 16.3. The molecule has 0 bridgehead atoms. The summed E-state index contributed by atoms with van der Waals surface area (Å²) in [5.41, 5.74) is 2.63. The number of aryl methyl sites for hydroxylation is 1. The molecule has 1 atom stereocenters. The molecule has 0 saturated carbocycles. The lowest BCUT2D eigenvalue weighted by Gasteiger charge is -2.15. The second-order valence-corrected chi connectivity index (χ2v) is 5.03. The van der Waals surface area contributed by atoms with Crippen LogP contribution in [0.25, 0.3) is 0 Å². The van der Waals surface area contributed by atoms with Crippen molar-refractivity contribution in [3.8, 4) is 0 Å². The summed E-state index contributed by atoms with van der Waals surface area (Å²) in [5.74, 6) is 0. The summed E-state index contributed by atoms with van der Waals surface area (Å²) in [7, 11) is 1.71. The van der Waals surface area contributed by atoms with Crippen molar-refractivity contribution < 1.29 is 14.2 Å². The van der Waals surface area contributed by atoms with Crippen molar-refractivity contribution in [2.45, 2.75) is 25.4 Å². The molecule has 1 aromatic rings. The van der Waals surface area contributed by atoms with Crippen molar-refractivity contribution in [1.29, 1.82) is 0 Å². The van der Waals surface area contributed by atoms with Gasteiger partial charge in [0.05, 0.1) is 19.3 Å². The molecule has 0 amide bonds. The Morgan fingerprint density at radius 2 is 2.05 bits per heavy atom. The molecule has 112 valence electrons. The number of benzene rings is 1. The van der Waals surface area contributed by atoms with Crippen molar-refractivity contribution in [3.63, 3.8) is 0 Å². The Bertz CT molecular complexity index is 357. The van der Waals surface area contributed by atoms with Gasteiger partial charge in [-0.05, 0) is 30.9 Å². The van der Waals surface area contributed by atoms with Crippen LogP contribution in [0, 0.1) is 0 Å². The lowest BCUT2D eigenvalue weighted by Crippen LogP contribution is -2.23. The van der Waals surface area contributed by atoms with Gasteiger partial charge in [0, 0.05) is 32.6 Å². The molecule has 20 heavy (non-hydrogen) atoms. The lowest BCUT2D eigenvalue weighted by atomic mass is 10.1. The van der Waals surface area contributed by atoms with E-state index < -0.39 is 0 Å². The minimum absolute atomic E-state index is 0.268. The molecular weight excluding hydrogens is 254 g/mol. The van der Waals surface area contributed by atoms with Gasteiger partial charge in [-0.2, -0.15) is 0 Å². The van der Waals surface area contributed by atoms with Gasteiger partial charge in [0.2, 0.25) is 0 Å². The third kappa shape index (κ3) is 5.12. The first-order valence-electron chi connectivity index (χ1n) is 7.40. The van der Waals surface area contributed by atoms with Crippen LogP contribution < -0.4 is 5.32 Å². The van der Waals surface area contributed by atoms with E-state index in [0.29, 0.717) is 13.2 Å². The van der Waals surface area contributed by atoms with Crippen molar-refractivity contribution in [2.75, 3.05) is 45.4 Å². The van der Waals surface area contributed by atoms with Crippen LogP contribution in [0.2, 0.25) is 0 Å². The molecule has 0 aromatic heterocycles. The van der Waals surface area contributed by atoms with Crippen LogP contribution in [-0.2, 0) is 20.6 Å². The highest BCUT2D eigenvalue weighted by molar-refractivity contribution is 5.51. The van der Waals surface area contributed by atoms with Crippen molar-refractivity contribution in [1.82, 2.24) is 0 Å². The molecule has 4 nitrogen and oxygen atoms in total. The smallest absolute Gasteiger partial charge is 0.0751 e. The number of anilines is 1. The van der Waals surface area contributed by atoms with E-state index in [-0.39, 0.29) is 6.10 Å². The molecule has 1 heterocycles. The van der Waals surface area contributed by atoms with Crippen molar-refractivity contribution in [2.24, 2.45) is 0 Å². The van der Waals surface area contributed by atoms with E-state index >= 15 is 0 Å². The van der Waals surface area contributed by atoms with Gasteiger partial charge in [-0.15, -0.1) is 0 Å². The Morgan fingerprint density at radius 3 is 2.95 bits per heavy atom. The van der Waals surface area contributed by atoms with Gasteiger partial charge >= 0.3 is 0 Å². The highest BCUT2D eigenvalue weighted by Gasteiger charge is 2.15. The summed E-state index contributed by atoms with van der Waals surface area (Å²) in [5, 5.41) is 3.46. The van der Waals surface area contributed by atoms with Gasteiger partial charge in [-0.3, -0.25) is 0 Å². The Balaban J connectivity index is 1.59. The van der Waals surface area contributed by atoms with Gasteiger partial charge in [0.1, 0.15) is 0 Å². The predicted octanol–water partition coefficient (Wildman–Crippen LogP) is 2.48. The molecule has 1 aromatic carbocycles. The van der Waals surface area contributed by atoms with Gasteiger partial charge in [0.15, 0.2) is 0 Å². The van der Waals surface area contributed by atoms with E-state index in [1.807, 2.05) is 0 Å². The third-order valence-electron chi connectivity index (χ3n) is 3.49. The summed E-state index contributed by atoms with van der Waals surface area (Å²) in [6.45, 7) is 3.70. The average Bonchev–Trinajstić information content (AvgIpc) is 2.69. The van der Waals surface area contributed by atoms with E-state index in [4.69, 9.17) is 14.2 Å². The number of rotatable bonds is 8. The number of nitrogens with one attached hydrogen (secondary N) is 1. The first-order valence-corrected chi connectivity index (χ1v) is 7.40. The third-order valence-corrected chi connectivity index (χ3v) is 3.49. The topological polar surface area (TPSA) is 39.7 Å². The number of para-hydroxylation sites is 1. The molecule has 0 fully saturated rings. The number of hydrogen-bond acceptors (Lipinski definition) is 4. The van der Waals surface area contributed by atoms with Gasteiger partial charge in [-0.1, -0.05) is 18.2 Å². The predicted molar refractivity (Wildman–Crippen MR) is 80.3 cm³/mol. The molecule has 0 saturated heterocycles. The second kappa shape index (κ2) is 8.95. The van der Waals surface area contributed by atoms with E-state index in [1.165, 1.54) is 11.3 Å². The molecule has 2 rings (SSSR count). The maximum atomic E-state index is 5.88. The van der Waals surface area contributed by atoms with Crippen molar-refractivity contribution in [3.05, 3.63) is 29.8 Å². The molecule has 4 heteroatoms. The zero-order valence-electron chi connectivity index (χ0n) is 12.3. The Morgan fingerprint density at radius 1 is 1.15 bits per heavy atom. The average molecular weight is 279 g/mol. The zero-order chi connectivity index (χ0) is 14.0. The van der Waals surface area contributed by atoms with Crippen LogP contribution in [0.15, 0.2) is 24.3 Å². The van der Waals surface area contributed by atoms with Gasteiger partial charge in [-0.25, -0.2) is 0 Å². The van der Waals surface area contributed by atoms with E-state index in [1.54, 1.807) is 7.11 Å². The van der Waals surface area contributed by atoms with Crippen LogP contribution in [0.3, 0.4) is 0 Å². The van der Waals surface area contributed by atoms with Crippen LogP contribution in [-0.4, -0.2) is 46.2 Å². The standard InChI is InChI=1S/C16H25NO3/c1-18-9-4-10-19-11-12-20-15-8-7-14-5-2-3-6-16(14)17-13-15/h2-3,5-6,15,17H,4,7-13H2,1H3. The number of methoxy groups -OCH3 is 1. The largest absolute Gasteiger partial charge is 0.385 e. The molecule has 1 aliphatic heterocycles. The number of ether oxygens (including phenoxy) is 3. The summed E-state index contributed by atoms with van der Waals surface area (Å²) >= 11 is 0. The highest BCUT2D eigenvalue weighted by Crippen LogP contribution is 2.21. The van der Waals surface area contributed by atoms with Crippen molar-refractivity contribution >= 4 is 5.69 Å². The van der Waals surface area contributed by atoms with Crippen LogP contribution in [0.5, 0.6) is 0 Å². The van der Waals surface area contributed by atoms with Gasteiger partial charge < -0.3 is 19.5 Å². The van der Waals surface area contributed by atoms with Crippen LogP contribution in [0.1, 0.15) is 18.4 Å². The van der Waals surface area contributed by atoms with Crippen LogP contribution in [0.4, 0.5) is 5.69 Å². The lowest BCUT2D eigenvalue weighted by molar-refractivity contribution is 0.00407. The molecule has 1 aliphatic rings. The molecule has 0 spiro atoms. The quantitative estimate of drug-likeness (QED) is 0.742. The Hall–Kier alpha value is -1.10. The van der Waals surface area contributed by atoms with E-state index in [9.17, 15) is 0 Å². The maximum absolute atomic E-state index is 5.88. The molecule has 0 aliphatic carbocycles. The van der Waals surface area contributed by atoms with E-state index in [0.717, 1.165) is 39.0 Å². The monoisotopic (exact) mass is 279 g/mol. The molecule has 0 radical (unpaired) electrons. The first kappa shape index (κ1) is 15.3. The van der Waals surface area contributed by atoms with Crippen LogP contribution >= 0.6 is 0 Å². The van der Waals surface area contributed by atoms with Gasteiger partial charge in [0.25, 0.3) is 0 Å². The Kier molecular flexibility index (Phi) is 6.84. The second-order valence-electron chi connectivity index (χ2n) is 5.03. The Labute approximate surface area is 121 Å². The fraction of sp³-hybridized carbons (Fsp3) is 0.625. The fourth-order valence-electron chi connectivity index (χ4n) is 2.38. The molecule has 1 unspecified atom stereocenters. The zero-order valence-corrected chi connectivity index (χ0v) is 12.3. The normalized spacial score (nSPS) is 18.1. The summed E-state index contributed by atoms with van der Waals surface area (Å²) in [4.78, 5) is 0. The van der Waals surface area contributed by atoms with E-state index in [2.05, 4.69) is 29.6 Å². The first-order chi connectivity index (χ1) is 9.90. The minimum Gasteiger partial charge on any atom is -0.385 e.